The van der Waals surface area contributed by atoms with Crippen LogP contribution >= 0.6 is 0 Å². The number of unbranched alkanes of at least 4 members (excludes halogenated alkanes) is 1. The molecule has 1 amide bonds. The largest absolute Gasteiger partial charge is 0.378 e. The third kappa shape index (κ3) is 5.02. The number of nitrogens with zero attached hydrogens (tertiary/aromatic N) is 4. The first-order valence-corrected chi connectivity index (χ1v) is 12.1. The molecule has 6 heteroatoms. The lowest BCUT2D eigenvalue weighted by molar-refractivity contribution is 0.0304. The highest BCUT2D eigenvalue weighted by Crippen LogP contribution is 2.23. The van der Waals surface area contributed by atoms with E-state index < -0.39 is 0 Å². The average Bonchev–Trinajstić information content (AvgIpc) is 3.31. The summed E-state index contributed by atoms with van der Waals surface area (Å²) in [7, 11) is 0. The van der Waals surface area contributed by atoms with Gasteiger partial charge in [-0.1, -0.05) is 42.5 Å². The number of ether oxygens (including phenoxy) is 1. The molecule has 0 bridgehead atoms. The summed E-state index contributed by atoms with van der Waals surface area (Å²) in [5.41, 5.74) is 5.38. The first-order valence-electron chi connectivity index (χ1n) is 12.1. The van der Waals surface area contributed by atoms with Gasteiger partial charge in [-0.15, -0.1) is 0 Å². The third-order valence-corrected chi connectivity index (χ3v) is 6.74. The number of amides is 1. The molecule has 5 rings (SSSR count). The third-order valence-electron chi connectivity index (χ3n) is 6.74. The lowest BCUT2D eigenvalue weighted by atomic mass is 9.99. The maximum atomic E-state index is 13.0. The fraction of sp³-hybridized carbons (Fsp3) is 0.407. The van der Waals surface area contributed by atoms with Crippen LogP contribution < -0.4 is 0 Å². The number of morpholine rings is 1. The smallest absolute Gasteiger partial charge is 0.256 e. The van der Waals surface area contributed by atoms with E-state index in [1.165, 1.54) is 11.1 Å². The molecule has 3 heterocycles. The van der Waals surface area contributed by atoms with Crippen LogP contribution in [0.25, 0.3) is 16.6 Å². The van der Waals surface area contributed by atoms with Crippen molar-refractivity contribution < 1.29 is 9.53 Å². The highest BCUT2D eigenvalue weighted by atomic mass is 16.5. The Labute approximate surface area is 195 Å². The van der Waals surface area contributed by atoms with Crippen LogP contribution in [0.3, 0.4) is 0 Å². The number of benzene rings is 2. The van der Waals surface area contributed by atoms with E-state index in [1.807, 2.05) is 23.4 Å². The molecular formula is C27H32N4O2. The van der Waals surface area contributed by atoms with E-state index in [2.05, 4.69) is 56.9 Å². The minimum atomic E-state index is 0.0576. The Morgan fingerprint density at radius 1 is 0.939 bits per heavy atom. The second-order valence-electron chi connectivity index (χ2n) is 8.87. The second kappa shape index (κ2) is 10.3. The van der Waals surface area contributed by atoms with E-state index in [0.29, 0.717) is 31.9 Å². The summed E-state index contributed by atoms with van der Waals surface area (Å²) in [4.78, 5) is 22.0. The number of aryl methyl sites for hydroxylation is 1. The van der Waals surface area contributed by atoms with Crippen molar-refractivity contribution in [2.45, 2.75) is 25.8 Å². The van der Waals surface area contributed by atoms with Crippen molar-refractivity contribution in [3.8, 4) is 0 Å². The molecule has 0 spiro atoms. The van der Waals surface area contributed by atoms with Gasteiger partial charge < -0.3 is 14.2 Å². The number of rotatable bonds is 7. The molecule has 6 nitrogen and oxygen atoms in total. The molecular weight excluding hydrogens is 412 g/mol. The van der Waals surface area contributed by atoms with Gasteiger partial charge >= 0.3 is 0 Å². The van der Waals surface area contributed by atoms with Crippen LogP contribution in [0.5, 0.6) is 0 Å². The summed E-state index contributed by atoms with van der Waals surface area (Å²) in [5, 5.41) is 0. The van der Waals surface area contributed by atoms with Gasteiger partial charge in [-0.2, -0.15) is 0 Å². The summed E-state index contributed by atoms with van der Waals surface area (Å²) in [6, 6.07) is 16.6. The lowest BCUT2D eigenvalue weighted by Gasteiger charge is -2.27. The predicted octanol–water partition coefficient (Wildman–Crippen LogP) is 4.08. The Morgan fingerprint density at radius 3 is 2.55 bits per heavy atom. The van der Waals surface area contributed by atoms with E-state index in [-0.39, 0.29) is 5.91 Å². The molecule has 2 aliphatic heterocycles. The molecule has 0 N–H and O–H groups in total. The number of carbonyl (C=O) groups excluding carboxylic acids is 1. The van der Waals surface area contributed by atoms with Crippen LogP contribution in [-0.2, 0) is 11.3 Å². The van der Waals surface area contributed by atoms with Crippen molar-refractivity contribution in [1.82, 2.24) is 19.4 Å². The van der Waals surface area contributed by atoms with Gasteiger partial charge in [0.05, 0.1) is 30.6 Å². The van der Waals surface area contributed by atoms with E-state index in [1.54, 1.807) is 0 Å². The molecule has 3 aromatic rings. The van der Waals surface area contributed by atoms with Gasteiger partial charge in [-0.3, -0.25) is 9.69 Å². The van der Waals surface area contributed by atoms with Crippen molar-refractivity contribution in [2.24, 2.45) is 0 Å². The van der Waals surface area contributed by atoms with Crippen LogP contribution in [-0.4, -0.2) is 71.2 Å². The Bertz CT molecular complexity index is 1120. The molecule has 172 valence electrons. The molecule has 0 radical (unpaired) electrons. The minimum Gasteiger partial charge on any atom is -0.378 e. The fourth-order valence-electron chi connectivity index (χ4n) is 4.82. The minimum absolute atomic E-state index is 0.0576. The van der Waals surface area contributed by atoms with Crippen molar-refractivity contribution in [2.75, 3.05) is 45.9 Å². The molecule has 0 unspecified atom stereocenters. The van der Waals surface area contributed by atoms with Gasteiger partial charge in [0, 0.05) is 32.7 Å². The molecule has 0 atom stereocenters. The van der Waals surface area contributed by atoms with E-state index in [9.17, 15) is 4.79 Å². The fourth-order valence-corrected chi connectivity index (χ4v) is 4.82. The van der Waals surface area contributed by atoms with E-state index >= 15 is 0 Å². The average molecular weight is 445 g/mol. The maximum Gasteiger partial charge on any atom is 0.256 e. The van der Waals surface area contributed by atoms with Crippen LogP contribution in [0.1, 0.15) is 35.2 Å². The zero-order valence-corrected chi connectivity index (χ0v) is 19.2. The zero-order chi connectivity index (χ0) is 22.5. The number of para-hydroxylation sites is 1. The molecule has 2 aliphatic rings. The van der Waals surface area contributed by atoms with Crippen LogP contribution in [0.15, 0.2) is 60.9 Å². The van der Waals surface area contributed by atoms with Crippen LogP contribution in [0.4, 0.5) is 0 Å². The Hall–Kier alpha value is -2.96. The number of carbonyl (C=O) groups is 1. The van der Waals surface area contributed by atoms with Crippen LogP contribution in [0, 0.1) is 0 Å². The molecule has 1 aromatic heterocycles. The number of fused-ring (bicyclic) bond motifs is 1. The summed E-state index contributed by atoms with van der Waals surface area (Å²) >= 11 is 0. The zero-order valence-electron chi connectivity index (χ0n) is 19.2. The summed E-state index contributed by atoms with van der Waals surface area (Å²) in [6.07, 6.45) is 7.64. The molecule has 0 aliphatic carbocycles. The van der Waals surface area contributed by atoms with Crippen molar-refractivity contribution in [1.29, 1.82) is 0 Å². The Kier molecular flexibility index (Phi) is 6.84. The predicted molar refractivity (Wildman–Crippen MR) is 131 cm³/mol. The number of aromatic nitrogens is 2. The molecule has 1 fully saturated rings. The van der Waals surface area contributed by atoms with Crippen molar-refractivity contribution in [3.05, 3.63) is 72.1 Å². The highest BCUT2D eigenvalue weighted by molar-refractivity contribution is 6.04. The normalized spacial score (nSPS) is 17.3. The van der Waals surface area contributed by atoms with E-state index in [0.717, 1.165) is 56.5 Å². The van der Waals surface area contributed by atoms with Gasteiger partial charge in [-0.05, 0) is 49.1 Å². The highest BCUT2D eigenvalue weighted by Gasteiger charge is 2.21. The monoisotopic (exact) mass is 444 g/mol. The Morgan fingerprint density at radius 2 is 1.76 bits per heavy atom. The quantitative estimate of drug-likeness (QED) is 0.516. The van der Waals surface area contributed by atoms with Crippen molar-refractivity contribution >= 4 is 22.5 Å². The summed E-state index contributed by atoms with van der Waals surface area (Å²) in [5.74, 6) is 0.0576. The topological polar surface area (TPSA) is 50.6 Å². The molecule has 33 heavy (non-hydrogen) atoms. The number of hydrogen-bond acceptors (Lipinski definition) is 4. The Balaban J connectivity index is 1.14. The SMILES string of the molecule is O=C(c1cccc2c1ncn2CCCCN1CC=C(c2ccccc2)CC1)N1CCOCC1. The summed E-state index contributed by atoms with van der Waals surface area (Å²) < 4.78 is 7.57. The molecule has 0 saturated carbocycles. The standard InChI is InChI=1S/C27H32N4O2/c32-27(30-17-19-33-20-18-30)24-9-6-10-25-26(24)28-21-31(25)14-5-4-13-29-15-11-23(12-16-29)22-7-2-1-3-8-22/h1-3,6-11,21H,4-5,12-20H2. The molecule has 1 saturated heterocycles. The number of hydrogen-bond donors (Lipinski definition) is 0. The maximum absolute atomic E-state index is 13.0. The first kappa shape index (κ1) is 21.9. The van der Waals surface area contributed by atoms with Gasteiger partial charge in [0.15, 0.2) is 0 Å². The van der Waals surface area contributed by atoms with E-state index in [4.69, 9.17) is 4.74 Å². The number of imidazole rings is 1. The van der Waals surface area contributed by atoms with Gasteiger partial charge in [0.2, 0.25) is 0 Å². The van der Waals surface area contributed by atoms with Gasteiger partial charge in [-0.25, -0.2) is 4.98 Å². The van der Waals surface area contributed by atoms with Gasteiger partial charge in [0.1, 0.15) is 5.52 Å². The van der Waals surface area contributed by atoms with Crippen LogP contribution in [0.2, 0.25) is 0 Å². The second-order valence-corrected chi connectivity index (χ2v) is 8.87. The lowest BCUT2D eigenvalue weighted by Crippen LogP contribution is -2.40. The van der Waals surface area contributed by atoms with Gasteiger partial charge in [0.25, 0.3) is 5.91 Å². The van der Waals surface area contributed by atoms with Crippen molar-refractivity contribution in [3.63, 3.8) is 0 Å². The summed E-state index contributed by atoms with van der Waals surface area (Å²) in [6.45, 7) is 6.71. The first-order chi connectivity index (χ1) is 16.3. The molecule has 2 aromatic carbocycles.